The lowest BCUT2D eigenvalue weighted by atomic mass is 10.2. The fourth-order valence-corrected chi connectivity index (χ4v) is 2.18. The summed E-state index contributed by atoms with van der Waals surface area (Å²) in [5.74, 6) is 0.784. The van der Waals surface area contributed by atoms with E-state index in [1.54, 1.807) is 0 Å². The summed E-state index contributed by atoms with van der Waals surface area (Å²) in [5, 5.41) is 13.8. The van der Waals surface area contributed by atoms with Gasteiger partial charge in [-0.2, -0.15) is 10.2 Å². The highest BCUT2D eigenvalue weighted by Gasteiger charge is 2.10. The molecule has 0 aliphatic heterocycles. The normalized spacial score (nSPS) is 11.3. The van der Waals surface area contributed by atoms with Gasteiger partial charge in [0.05, 0.1) is 22.6 Å². The Morgan fingerprint density at radius 1 is 1.11 bits per heavy atom. The Morgan fingerprint density at radius 2 is 2.06 bits per heavy atom. The summed E-state index contributed by atoms with van der Waals surface area (Å²) >= 11 is 0. The molecule has 0 atom stereocenters. The molecule has 1 radical (unpaired) electrons. The first kappa shape index (κ1) is 9.41. The molecule has 0 amide bonds. The lowest BCUT2D eigenvalue weighted by Crippen LogP contribution is -1.96. The monoisotopic (exact) mass is 233 g/mol. The Bertz CT molecular complexity index is 769. The van der Waals surface area contributed by atoms with Gasteiger partial charge in [0, 0.05) is 5.39 Å². The van der Waals surface area contributed by atoms with Crippen LogP contribution in [0.1, 0.15) is 0 Å². The number of nitrogens with zero attached hydrogens (tertiary/aromatic N) is 3. The molecule has 0 fully saturated rings. The molecular formula is C14H9N4. The predicted molar refractivity (Wildman–Crippen MR) is 69.6 cm³/mol. The van der Waals surface area contributed by atoms with Gasteiger partial charge in [0.2, 0.25) is 0 Å². The van der Waals surface area contributed by atoms with Gasteiger partial charge in [0.25, 0.3) is 0 Å². The fraction of sp³-hybridized carbons (Fsp3) is 0. The van der Waals surface area contributed by atoms with Gasteiger partial charge in [-0.15, -0.1) is 0 Å². The first-order valence-corrected chi connectivity index (χ1v) is 5.71. The molecule has 0 saturated carbocycles. The fourth-order valence-electron chi connectivity index (χ4n) is 2.18. The zero-order valence-corrected chi connectivity index (χ0v) is 9.46. The standard InChI is InChI=1S/C14H9N4/c1-4-8-13-10(5-1)9-15-18(13)14-11-6-2-3-7-12(11)16-17-14/h1-5,7-9H,(H,16,17). The zero-order valence-electron chi connectivity index (χ0n) is 9.46. The van der Waals surface area contributed by atoms with Crippen molar-refractivity contribution in [2.24, 2.45) is 0 Å². The lowest BCUT2D eigenvalue weighted by Gasteiger charge is -1.99. The van der Waals surface area contributed by atoms with E-state index in [1.165, 1.54) is 0 Å². The summed E-state index contributed by atoms with van der Waals surface area (Å²) in [6, 6.07) is 17.1. The van der Waals surface area contributed by atoms with E-state index in [9.17, 15) is 0 Å². The maximum Gasteiger partial charge on any atom is 0.183 e. The first-order chi connectivity index (χ1) is 8.93. The Kier molecular flexibility index (Phi) is 1.80. The molecule has 0 bridgehead atoms. The number of rotatable bonds is 1. The van der Waals surface area contributed by atoms with Crippen molar-refractivity contribution in [3.8, 4) is 5.82 Å². The van der Waals surface area contributed by atoms with E-state index in [2.05, 4.69) is 21.4 Å². The Hall–Kier alpha value is -2.62. The Balaban J connectivity index is 2.08. The minimum absolute atomic E-state index is 0.784. The average molecular weight is 233 g/mol. The maximum atomic E-state index is 4.40. The second-order valence-electron chi connectivity index (χ2n) is 4.12. The third-order valence-corrected chi connectivity index (χ3v) is 3.04. The predicted octanol–water partition coefficient (Wildman–Crippen LogP) is 2.70. The number of H-pyrrole nitrogens is 1. The minimum atomic E-state index is 0.784. The van der Waals surface area contributed by atoms with Crippen LogP contribution < -0.4 is 0 Å². The molecule has 4 nitrogen and oxygen atoms in total. The summed E-state index contributed by atoms with van der Waals surface area (Å²) in [6.45, 7) is 0. The van der Waals surface area contributed by atoms with Gasteiger partial charge in [-0.1, -0.05) is 30.3 Å². The van der Waals surface area contributed by atoms with Gasteiger partial charge in [0.15, 0.2) is 5.82 Å². The van der Waals surface area contributed by atoms with Crippen molar-refractivity contribution < 1.29 is 0 Å². The summed E-state index contributed by atoms with van der Waals surface area (Å²) in [7, 11) is 0. The van der Waals surface area contributed by atoms with E-state index in [0.29, 0.717) is 0 Å². The van der Waals surface area contributed by atoms with Crippen LogP contribution in [-0.4, -0.2) is 20.0 Å². The molecule has 2 heterocycles. The van der Waals surface area contributed by atoms with E-state index in [0.717, 1.165) is 27.6 Å². The maximum absolute atomic E-state index is 4.40. The van der Waals surface area contributed by atoms with Crippen LogP contribution in [0.3, 0.4) is 0 Å². The van der Waals surface area contributed by atoms with Crippen LogP contribution in [0.2, 0.25) is 0 Å². The molecule has 1 N–H and O–H groups in total. The topological polar surface area (TPSA) is 46.5 Å². The second-order valence-corrected chi connectivity index (χ2v) is 4.12. The number of hydrogen-bond acceptors (Lipinski definition) is 2. The lowest BCUT2D eigenvalue weighted by molar-refractivity contribution is 0.867. The summed E-state index contributed by atoms with van der Waals surface area (Å²) in [5.41, 5.74) is 2.01. The highest BCUT2D eigenvalue weighted by Crippen LogP contribution is 2.22. The van der Waals surface area contributed by atoms with E-state index < -0.39 is 0 Å². The molecular weight excluding hydrogens is 224 g/mol. The minimum Gasteiger partial charge on any atom is -0.276 e. The summed E-state index contributed by atoms with van der Waals surface area (Å²) < 4.78 is 1.84. The van der Waals surface area contributed by atoms with E-state index in [-0.39, 0.29) is 0 Å². The molecule has 4 aromatic rings. The van der Waals surface area contributed by atoms with Crippen molar-refractivity contribution >= 4 is 21.8 Å². The molecule has 0 aliphatic rings. The van der Waals surface area contributed by atoms with Crippen molar-refractivity contribution in [2.45, 2.75) is 0 Å². The van der Waals surface area contributed by atoms with Crippen LogP contribution in [0.5, 0.6) is 0 Å². The van der Waals surface area contributed by atoms with Crippen molar-refractivity contribution in [1.29, 1.82) is 0 Å². The molecule has 85 valence electrons. The van der Waals surface area contributed by atoms with Crippen LogP contribution in [0.25, 0.3) is 27.6 Å². The highest BCUT2D eigenvalue weighted by molar-refractivity contribution is 5.88. The smallest absolute Gasteiger partial charge is 0.183 e. The SMILES string of the molecule is [c]1cccc2[nH]nc(-n3ncc4ccccc43)c12. The molecule has 0 aliphatic carbocycles. The van der Waals surface area contributed by atoms with Crippen LogP contribution in [0.4, 0.5) is 0 Å². The average Bonchev–Trinajstić information content (AvgIpc) is 3.01. The molecule has 4 heteroatoms. The van der Waals surface area contributed by atoms with Crippen LogP contribution in [0, 0.1) is 6.07 Å². The van der Waals surface area contributed by atoms with Gasteiger partial charge in [0.1, 0.15) is 0 Å². The van der Waals surface area contributed by atoms with Gasteiger partial charge in [-0.25, -0.2) is 4.68 Å². The first-order valence-electron chi connectivity index (χ1n) is 5.71. The number of para-hydroxylation sites is 1. The van der Waals surface area contributed by atoms with Crippen LogP contribution >= 0.6 is 0 Å². The molecule has 2 aromatic heterocycles. The molecule has 0 spiro atoms. The molecule has 4 rings (SSSR count). The van der Waals surface area contributed by atoms with Gasteiger partial charge < -0.3 is 0 Å². The number of aromatic amines is 1. The zero-order chi connectivity index (χ0) is 11.9. The van der Waals surface area contributed by atoms with Crippen LogP contribution in [-0.2, 0) is 0 Å². The highest BCUT2D eigenvalue weighted by atomic mass is 15.3. The number of hydrogen-bond donors (Lipinski definition) is 1. The van der Waals surface area contributed by atoms with Gasteiger partial charge in [-0.3, -0.25) is 5.10 Å². The third kappa shape index (κ3) is 1.20. The third-order valence-electron chi connectivity index (χ3n) is 3.04. The second kappa shape index (κ2) is 3.43. The van der Waals surface area contributed by atoms with E-state index in [4.69, 9.17) is 0 Å². The van der Waals surface area contributed by atoms with Crippen molar-refractivity contribution in [1.82, 2.24) is 20.0 Å². The molecule has 0 saturated heterocycles. The van der Waals surface area contributed by atoms with Crippen molar-refractivity contribution in [3.05, 3.63) is 54.7 Å². The summed E-state index contributed by atoms with van der Waals surface area (Å²) in [4.78, 5) is 0. The Labute approximate surface area is 103 Å². The quantitative estimate of drug-likeness (QED) is 0.549. The number of nitrogens with one attached hydrogen (secondary N) is 1. The Morgan fingerprint density at radius 3 is 3.06 bits per heavy atom. The van der Waals surface area contributed by atoms with Crippen molar-refractivity contribution in [3.63, 3.8) is 0 Å². The number of benzene rings is 2. The number of fused-ring (bicyclic) bond motifs is 2. The molecule has 0 unspecified atom stereocenters. The molecule has 2 aromatic carbocycles. The van der Waals surface area contributed by atoms with E-state index >= 15 is 0 Å². The van der Waals surface area contributed by atoms with E-state index in [1.807, 2.05) is 53.3 Å². The largest absolute Gasteiger partial charge is 0.276 e. The van der Waals surface area contributed by atoms with Gasteiger partial charge in [-0.05, 0) is 18.2 Å². The van der Waals surface area contributed by atoms with Crippen molar-refractivity contribution in [2.75, 3.05) is 0 Å². The van der Waals surface area contributed by atoms with Gasteiger partial charge >= 0.3 is 0 Å². The molecule has 18 heavy (non-hydrogen) atoms. The summed E-state index contributed by atoms with van der Waals surface area (Å²) in [6.07, 6.45) is 1.85. The van der Waals surface area contributed by atoms with Crippen LogP contribution in [0.15, 0.2) is 48.7 Å². The number of aromatic nitrogens is 4.